The van der Waals surface area contributed by atoms with Gasteiger partial charge in [0, 0.05) is 25.6 Å². The highest BCUT2D eigenvalue weighted by Crippen LogP contribution is 2.50. The molecule has 1 heterocycles. The quantitative estimate of drug-likeness (QED) is 0.767. The molecule has 5 heteroatoms. The lowest BCUT2D eigenvalue weighted by Crippen LogP contribution is -2.42. The molecule has 27 heavy (non-hydrogen) atoms. The summed E-state index contributed by atoms with van der Waals surface area (Å²) < 4.78 is 5.85. The predicted molar refractivity (Wildman–Crippen MR) is 111 cm³/mol. The SMILES string of the molecule is Cl.NCCCOC1CCN(C(=O)C2CC2c2cccc3ccccc23)CC1. The Kier molecular flexibility index (Phi) is 6.74. The Balaban J connectivity index is 0.00000210. The average Bonchev–Trinajstić information content (AvgIpc) is 3.48. The van der Waals surface area contributed by atoms with Gasteiger partial charge in [-0.3, -0.25) is 4.79 Å². The molecule has 2 unspecified atom stereocenters. The minimum Gasteiger partial charge on any atom is -0.378 e. The highest BCUT2D eigenvalue weighted by Gasteiger charge is 2.46. The average molecular weight is 389 g/mol. The summed E-state index contributed by atoms with van der Waals surface area (Å²) in [6.45, 7) is 3.06. The molecule has 2 fully saturated rings. The van der Waals surface area contributed by atoms with Crippen molar-refractivity contribution in [3.8, 4) is 0 Å². The number of nitrogens with two attached hydrogens (primary N) is 1. The summed E-state index contributed by atoms with van der Waals surface area (Å²) in [6.07, 6.45) is 4.08. The molecule has 4 nitrogen and oxygen atoms in total. The fourth-order valence-electron chi connectivity index (χ4n) is 4.20. The van der Waals surface area contributed by atoms with Crippen LogP contribution in [-0.2, 0) is 9.53 Å². The highest BCUT2D eigenvalue weighted by molar-refractivity contribution is 5.89. The lowest BCUT2D eigenvalue weighted by atomic mass is 9.99. The monoisotopic (exact) mass is 388 g/mol. The van der Waals surface area contributed by atoms with Crippen molar-refractivity contribution in [1.29, 1.82) is 0 Å². The number of benzene rings is 2. The van der Waals surface area contributed by atoms with Crippen molar-refractivity contribution in [3.05, 3.63) is 48.0 Å². The van der Waals surface area contributed by atoms with Crippen LogP contribution in [-0.4, -0.2) is 43.2 Å². The Morgan fingerprint density at radius 1 is 1.11 bits per heavy atom. The van der Waals surface area contributed by atoms with E-state index >= 15 is 0 Å². The summed E-state index contributed by atoms with van der Waals surface area (Å²) in [4.78, 5) is 15.0. The number of piperidine rings is 1. The van der Waals surface area contributed by atoms with Crippen LogP contribution in [0.5, 0.6) is 0 Å². The summed E-state index contributed by atoms with van der Waals surface area (Å²) >= 11 is 0. The number of carbonyl (C=O) groups excluding carboxylic acids is 1. The summed E-state index contributed by atoms with van der Waals surface area (Å²) in [5.74, 6) is 0.881. The molecule has 2 aliphatic rings. The molecule has 1 aliphatic heterocycles. The van der Waals surface area contributed by atoms with E-state index < -0.39 is 0 Å². The van der Waals surface area contributed by atoms with E-state index in [4.69, 9.17) is 10.5 Å². The third-order valence-electron chi connectivity index (χ3n) is 5.79. The van der Waals surface area contributed by atoms with Crippen molar-refractivity contribution < 1.29 is 9.53 Å². The van der Waals surface area contributed by atoms with Crippen LogP contribution < -0.4 is 5.73 Å². The van der Waals surface area contributed by atoms with Gasteiger partial charge in [0.25, 0.3) is 0 Å². The van der Waals surface area contributed by atoms with E-state index in [-0.39, 0.29) is 18.3 Å². The molecule has 146 valence electrons. The van der Waals surface area contributed by atoms with Gasteiger partial charge in [-0.15, -0.1) is 12.4 Å². The second-order valence-corrected chi connectivity index (χ2v) is 7.55. The number of carbonyl (C=O) groups is 1. The molecule has 1 saturated heterocycles. The van der Waals surface area contributed by atoms with Crippen LogP contribution in [0.15, 0.2) is 42.5 Å². The van der Waals surface area contributed by atoms with E-state index in [1.54, 1.807) is 0 Å². The molecule has 1 amide bonds. The number of likely N-dealkylation sites (tertiary alicyclic amines) is 1. The lowest BCUT2D eigenvalue weighted by Gasteiger charge is -2.32. The molecule has 4 rings (SSSR count). The lowest BCUT2D eigenvalue weighted by molar-refractivity contribution is -0.135. The van der Waals surface area contributed by atoms with Gasteiger partial charge in [0.15, 0.2) is 0 Å². The molecule has 0 aromatic heterocycles. The molecule has 0 radical (unpaired) electrons. The largest absolute Gasteiger partial charge is 0.378 e. The molecule has 2 N–H and O–H groups in total. The number of hydrogen-bond donors (Lipinski definition) is 1. The number of halogens is 1. The maximum absolute atomic E-state index is 12.9. The normalized spacial score (nSPS) is 22.5. The third-order valence-corrected chi connectivity index (χ3v) is 5.79. The Bertz CT molecular complexity index is 769. The zero-order valence-corrected chi connectivity index (χ0v) is 16.5. The maximum atomic E-state index is 12.9. The molecular formula is C22H29ClN2O2. The third kappa shape index (κ3) is 4.45. The van der Waals surface area contributed by atoms with Gasteiger partial charge in [0.2, 0.25) is 5.91 Å². The number of hydrogen-bond acceptors (Lipinski definition) is 3. The van der Waals surface area contributed by atoms with Crippen LogP contribution in [0, 0.1) is 5.92 Å². The fourth-order valence-corrected chi connectivity index (χ4v) is 4.20. The van der Waals surface area contributed by atoms with Crippen molar-refractivity contribution in [3.63, 3.8) is 0 Å². The number of fused-ring (bicyclic) bond motifs is 1. The van der Waals surface area contributed by atoms with Crippen LogP contribution in [0.4, 0.5) is 0 Å². The van der Waals surface area contributed by atoms with Crippen molar-refractivity contribution in [2.45, 2.75) is 37.7 Å². The molecule has 2 atom stereocenters. The number of amides is 1. The summed E-state index contributed by atoms with van der Waals surface area (Å²) in [5, 5.41) is 2.56. The first-order valence-corrected chi connectivity index (χ1v) is 9.86. The van der Waals surface area contributed by atoms with E-state index in [0.717, 1.165) is 45.4 Å². The van der Waals surface area contributed by atoms with E-state index in [0.29, 0.717) is 24.5 Å². The van der Waals surface area contributed by atoms with Crippen molar-refractivity contribution in [1.82, 2.24) is 4.90 Å². The maximum Gasteiger partial charge on any atom is 0.226 e. The van der Waals surface area contributed by atoms with Gasteiger partial charge in [-0.25, -0.2) is 0 Å². The van der Waals surface area contributed by atoms with Crippen molar-refractivity contribution in [2.24, 2.45) is 11.7 Å². The van der Waals surface area contributed by atoms with Crippen LogP contribution in [0.1, 0.15) is 37.2 Å². The first-order chi connectivity index (χ1) is 12.8. The standard InChI is InChI=1S/C22H28N2O2.ClH/c23-11-4-14-26-17-9-12-24(13-10-17)22(25)21-15-20(21)19-8-3-6-16-5-1-2-7-18(16)19;/h1-3,5-8,17,20-21H,4,9-15,23H2;1H. The van der Waals surface area contributed by atoms with E-state index in [9.17, 15) is 4.79 Å². The molecule has 0 bridgehead atoms. The Morgan fingerprint density at radius 2 is 1.85 bits per heavy atom. The summed E-state index contributed by atoms with van der Waals surface area (Å²) in [5.41, 5.74) is 6.84. The highest BCUT2D eigenvalue weighted by atomic mass is 35.5. The second kappa shape index (κ2) is 9.05. The number of ether oxygens (including phenoxy) is 1. The van der Waals surface area contributed by atoms with Gasteiger partial charge in [-0.1, -0.05) is 42.5 Å². The molecule has 0 spiro atoms. The topological polar surface area (TPSA) is 55.6 Å². The van der Waals surface area contributed by atoms with Crippen LogP contribution in [0.3, 0.4) is 0 Å². The summed E-state index contributed by atoms with van der Waals surface area (Å²) in [7, 11) is 0. The van der Waals surface area contributed by atoms with Crippen molar-refractivity contribution >= 4 is 29.1 Å². The smallest absolute Gasteiger partial charge is 0.226 e. The van der Waals surface area contributed by atoms with Gasteiger partial charge in [-0.2, -0.15) is 0 Å². The molecular weight excluding hydrogens is 360 g/mol. The van der Waals surface area contributed by atoms with Gasteiger partial charge in [0.05, 0.1) is 6.10 Å². The van der Waals surface area contributed by atoms with E-state index in [1.165, 1.54) is 16.3 Å². The molecule has 2 aromatic carbocycles. The first kappa shape index (κ1) is 20.1. The predicted octanol–water partition coefficient (Wildman–Crippen LogP) is 3.72. The Morgan fingerprint density at radius 3 is 2.63 bits per heavy atom. The Hall–Kier alpha value is -1.62. The first-order valence-electron chi connectivity index (χ1n) is 9.86. The minimum absolute atomic E-state index is 0. The van der Waals surface area contributed by atoms with Crippen LogP contribution in [0.2, 0.25) is 0 Å². The van der Waals surface area contributed by atoms with Gasteiger partial charge >= 0.3 is 0 Å². The molecule has 1 aliphatic carbocycles. The zero-order valence-electron chi connectivity index (χ0n) is 15.7. The van der Waals surface area contributed by atoms with E-state index in [1.807, 2.05) is 0 Å². The van der Waals surface area contributed by atoms with Gasteiger partial charge < -0.3 is 15.4 Å². The van der Waals surface area contributed by atoms with Gasteiger partial charge in [0.1, 0.15) is 0 Å². The van der Waals surface area contributed by atoms with Crippen LogP contribution in [0.25, 0.3) is 10.8 Å². The van der Waals surface area contributed by atoms with Gasteiger partial charge in [-0.05, 0) is 54.5 Å². The number of rotatable bonds is 6. The molecule has 2 aromatic rings. The second-order valence-electron chi connectivity index (χ2n) is 7.55. The van der Waals surface area contributed by atoms with Crippen molar-refractivity contribution in [2.75, 3.05) is 26.2 Å². The Labute approximate surface area is 167 Å². The fraction of sp³-hybridized carbons (Fsp3) is 0.500. The summed E-state index contributed by atoms with van der Waals surface area (Å²) in [6, 6.07) is 14.9. The van der Waals surface area contributed by atoms with E-state index in [2.05, 4.69) is 47.4 Å². The number of nitrogens with zero attached hydrogens (tertiary/aromatic N) is 1. The minimum atomic E-state index is 0. The van der Waals surface area contributed by atoms with Crippen LogP contribution >= 0.6 is 12.4 Å². The zero-order chi connectivity index (χ0) is 17.9. The molecule has 1 saturated carbocycles.